The molecule has 9 heteroatoms. The minimum atomic E-state index is -4.71. The van der Waals surface area contributed by atoms with Gasteiger partial charge in [0.15, 0.2) is 0 Å². The largest absolute Gasteiger partial charge is 0.493 e. The van der Waals surface area contributed by atoms with Crippen LogP contribution in [0.2, 0.25) is 0 Å². The highest BCUT2D eigenvalue weighted by Gasteiger charge is 2.43. The van der Waals surface area contributed by atoms with Crippen molar-refractivity contribution in [3.63, 3.8) is 0 Å². The van der Waals surface area contributed by atoms with Gasteiger partial charge in [-0.05, 0) is 38.2 Å². The van der Waals surface area contributed by atoms with E-state index in [9.17, 15) is 28.2 Å². The van der Waals surface area contributed by atoms with Crippen LogP contribution < -0.4 is 10.4 Å². The van der Waals surface area contributed by atoms with Gasteiger partial charge in [0, 0.05) is 12.1 Å². The van der Waals surface area contributed by atoms with Gasteiger partial charge < -0.3 is 14.9 Å². The minimum absolute atomic E-state index is 0.000399. The summed E-state index contributed by atoms with van der Waals surface area (Å²) in [5, 5.41) is 19.6. The molecule has 1 aliphatic rings. The number of rotatable bonds is 6. The number of aliphatic hydroxyl groups excluding tert-OH is 1. The maximum Gasteiger partial charge on any atom is 0.418 e. The molecule has 0 unspecified atom stereocenters. The van der Waals surface area contributed by atoms with Gasteiger partial charge in [-0.25, -0.2) is 4.79 Å². The lowest BCUT2D eigenvalue weighted by molar-refractivity contribution is -0.136. The van der Waals surface area contributed by atoms with E-state index < -0.39 is 35.8 Å². The first kappa shape index (κ1) is 20.7. The molecule has 0 spiro atoms. The fourth-order valence-electron chi connectivity index (χ4n) is 3.71. The zero-order valence-electron chi connectivity index (χ0n) is 16.1. The number of hydrogen-bond acceptors (Lipinski definition) is 4. The van der Waals surface area contributed by atoms with Crippen molar-refractivity contribution >= 4 is 11.0 Å². The number of fused-ring (bicyclic) bond motifs is 1. The van der Waals surface area contributed by atoms with E-state index >= 15 is 0 Å². The van der Waals surface area contributed by atoms with Gasteiger partial charge in [-0.1, -0.05) is 13.8 Å². The first-order valence-electron chi connectivity index (χ1n) is 9.26. The lowest BCUT2D eigenvalue weighted by Gasteiger charge is -2.41. The Morgan fingerprint density at radius 2 is 1.96 bits per heavy atom. The Morgan fingerprint density at radius 3 is 2.46 bits per heavy atom. The van der Waals surface area contributed by atoms with Crippen molar-refractivity contribution in [1.29, 1.82) is 0 Å². The van der Waals surface area contributed by atoms with E-state index in [0.717, 1.165) is 15.2 Å². The van der Waals surface area contributed by atoms with Gasteiger partial charge in [0.05, 0.1) is 28.8 Å². The second-order valence-corrected chi connectivity index (χ2v) is 8.15. The van der Waals surface area contributed by atoms with Crippen molar-refractivity contribution in [2.24, 2.45) is 5.92 Å². The number of hydrogen-bond donors (Lipinski definition) is 2. The second-order valence-electron chi connectivity index (χ2n) is 8.15. The molecule has 28 heavy (non-hydrogen) atoms. The molecule has 0 atom stereocenters. The number of aromatic nitrogens is 2. The number of ether oxygens (including phenoxy) is 1. The number of aliphatic hydroxyl groups is 2. The van der Waals surface area contributed by atoms with Crippen LogP contribution in [0.25, 0.3) is 11.0 Å². The molecule has 2 N–H and O–H groups in total. The van der Waals surface area contributed by atoms with Crippen molar-refractivity contribution in [3.05, 3.63) is 28.2 Å². The van der Waals surface area contributed by atoms with Crippen LogP contribution in [0.15, 0.2) is 16.9 Å². The molecule has 1 aromatic heterocycles. The molecule has 2 aromatic rings. The zero-order valence-corrected chi connectivity index (χ0v) is 16.1. The number of imidazole rings is 1. The number of nitrogens with zero attached hydrogens (tertiary/aromatic N) is 2. The Hall–Kier alpha value is -2.00. The summed E-state index contributed by atoms with van der Waals surface area (Å²) in [5.41, 5.74) is -3.06. The van der Waals surface area contributed by atoms with Crippen molar-refractivity contribution in [3.8, 4) is 5.75 Å². The summed E-state index contributed by atoms with van der Waals surface area (Å²) in [6.45, 7) is 5.02. The van der Waals surface area contributed by atoms with Crippen molar-refractivity contribution in [2.45, 2.75) is 64.6 Å². The summed E-state index contributed by atoms with van der Waals surface area (Å²) in [6.07, 6.45) is -3.70. The van der Waals surface area contributed by atoms with Crippen LogP contribution in [0.5, 0.6) is 5.75 Å². The second kappa shape index (κ2) is 7.11. The predicted octanol–water partition coefficient (Wildman–Crippen LogP) is 3.28. The Morgan fingerprint density at radius 1 is 1.32 bits per heavy atom. The molecule has 0 aliphatic heterocycles. The highest BCUT2D eigenvalue weighted by atomic mass is 19.4. The molecule has 0 saturated heterocycles. The fraction of sp³-hybridized carbons (Fsp3) is 0.632. The molecule has 1 fully saturated rings. The Balaban J connectivity index is 2.17. The zero-order chi connectivity index (χ0) is 20.9. The van der Waals surface area contributed by atoms with Crippen LogP contribution in [0.3, 0.4) is 0 Å². The van der Waals surface area contributed by atoms with E-state index in [0.29, 0.717) is 12.3 Å². The molecule has 1 aliphatic carbocycles. The van der Waals surface area contributed by atoms with Crippen molar-refractivity contribution < 1.29 is 28.1 Å². The molecule has 0 amide bonds. The average Bonchev–Trinajstić information content (AvgIpc) is 2.81. The quantitative estimate of drug-likeness (QED) is 0.778. The highest BCUT2D eigenvalue weighted by molar-refractivity contribution is 5.82. The standard InChI is InChI=1S/C19H25F3N2O4/c1-11(2)4-5-28-13-6-14(19(20,21)22)16-15(7-13)23(10-25)17(26)24(16)12-8-18(3,27)9-12/h6-7,11-12,25,27H,4-5,8-10H2,1-3H3/t12-,18-. The van der Waals surface area contributed by atoms with E-state index in [1.54, 1.807) is 6.92 Å². The first-order chi connectivity index (χ1) is 12.9. The van der Waals surface area contributed by atoms with Gasteiger partial charge in [0.25, 0.3) is 0 Å². The lowest BCUT2D eigenvalue weighted by atomic mass is 9.77. The van der Waals surface area contributed by atoms with Crippen molar-refractivity contribution in [1.82, 2.24) is 9.13 Å². The van der Waals surface area contributed by atoms with Crippen LogP contribution in [-0.4, -0.2) is 31.6 Å². The van der Waals surface area contributed by atoms with Crippen LogP contribution >= 0.6 is 0 Å². The molecule has 0 radical (unpaired) electrons. The smallest absolute Gasteiger partial charge is 0.418 e. The fourth-order valence-corrected chi connectivity index (χ4v) is 3.71. The summed E-state index contributed by atoms with van der Waals surface area (Å²) in [5.74, 6) is 0.328. The molecular weight excluding hydrogens is 377 g/mol. The summed E-state index contributed by atoms with van der Waals surface area (Å²) in [7, 11) is 0. The molecule has 0 bridgehead atoms. The van der Waals surface area contributed by atoms with Crippen LogP contribution in [0.1, 0.15) is 51.6 Å². The third-order valence-corrected chi connectivity index (χ3v) is 5.16. The molecule has 156 valence electrons. The third kappa shape index (κ3) is 3.77. The molecule has 6 nitrogen and oxygen atoms in total. The van der Waals surface area contributed by atoms with Gasteiger partial charge in [0.2, 0.25) is 0 Å². The van der Waals surface area contributed by atoms with E-state index in [-0.39, 0.29) is 36.2 Å². The molecular formula is C19H25F3N2O4. The Labute approximate surface area is 160 Å². The summed E-state index contributed by atoms with van der Waals surface area (Å²) < 4.78 is 48.9. The molecule has 1 aromatic carbocycles. The Kier molecular flexibility index (Phi) is 5.26. The third-order valence-electron chi connectivity index (χ3n) is 5.16. The van der Waals surface area contributed by atoms with Crippen LogP contribution in [0.4, 0.5) is 13.2 Å². The van der Waals surface area contributed by atoms with E-state index in [1.165, 1.54) is 6.07 Å². The lowest BCUT2D eigenvalue weighted by Crippen LogP contribution is -2.45. The number of halogens is 3. The predicted molar refractivity (Wildman–Crippen MR) is 97.3 cm³/mol. The van der Waals surface area contributed by atoms with Gasteiger partial charge >= 0.3 is 11.9 Å². The van der Waals surface area contributed by atoms with Gasteiger partial charge in [-0.3, -0.25) is 9.13 Å². The maximum atomic E-state index is 13.8. The minimum Gasteiger partial charge on any atom is -0.493 e. The van der Waals surface area contributed by atoms with E-state index in [4.69, 9.17) is 4.74 Å². The molecule has 3 rings (SSSR count). The van der Waals surface area contributed by atoms with Gasteiger partial charge in [0.1, 0.15) is 12.5 Å². The van der Waals surface area contributed by atoms with Crippen LogP contribution in [0, 0.1) is 5.92 Å². The molecule has 1 saturated carbocycles. The van der Waals surface area contributed by atoms with E-state index in [1.807, 2.05) is 13.8 Å². The summed E-state index contributed by atoms with van der Waals surface area (Å²) >= 11 is 0. The van der Waals surface area contributed by atoms with Gasteiger partial charge in [-0.2, -0.15) is 13.2 Å². The van der Waals surface area contributed by atoms with Crippen LogP contribution in [-0.2, 0) is 12.9 Å². The summed E-state index contributed by atoms with van der Waals surface area (Å²) in [6, 6.07) is 1.69. The number of benzene rings is 1. The highest BCUT2D eigenvalue weighted by Crippen LogP contribution is 2.44. The number of alkyl halides is 3. The van der Waals surface area contributed by atoms with E-state index in [2.05, 4.69) is 0 Å². The van der Waals surface area contributed by atoms with Crippen molar-refractivity contribution in [2.75, 3.05) is 6.61 Å². The first-order valence-corrected chi connectivity index (χ1v) is 9.26. The topological polar surface area (TPSA) is 76.6 Å². The normalized spacial score (nSPS) is 22.7. The van der Waals surface area contributed by atoms with Gasteiger partial charge in [-0.15, -0.1) is 0 Å². The Bertz CT molecular complexity index is 920. The average molecular weight is 402 g/mol. The summed E-state index contributed by atoms with van der Waals surface area (Å²) in [4.78, 5) is 12.7. The monoisotopic (exact) mass is 402 g/mol. The molecule has 1 heterocycles. The maximum absolute atomic E-state index is 13.8. The SMILES string of the molecule is CC(C)CCOc1cc(C(F)(F)F)c2c(c1)n(CO)c(=O)n2[C@H]1C[C@](C)(O)C1.